The first-order valence-electron chi connectivity index (χ1n) is 7.68. The van der Waals surface area contributed by atoms with Crippen molar-refractivity contribution in [2.75, 3.05) is 0 Å². The summed E-state index contributed by atoms with van der Waals surface area (Å²) in [4.78, 5) is 4.25. The second-order valence-electron chi connectivity index (χ2n) is 4.68. The van der Waals surface area contributed by atoms with Crippen LogP contribution in [-0.4, -0.2) is 18.3 Å². The normalized spacial score (nSPS) is 15.8. The van der Waals surface area contributed by atoms with Gasteiger partial charge in [-0.2, -0.15) is 0 Å². The minimum atomic E-state index is -2.34. The fourth-order valence-electron chi connectivity index (χ4n) is 1.31. The van der Waals surface area contributed by atoms with Crippen molar-refractivity contribution in [1.82, 2.24) is 4.98 Å². The topological polar surface area (TPSA) is 12.9 Å². The van der Waals surface area contributed by atoms with Gasteiger partial charge < -0.3 is 0 Å². The Morgan fingerprint density at radius 1 is 1.06 bits per heavy atom. The molecule has 0 unspecified atom stereocenters. The minimum absolute atomic E-state index is 0.0464. The van der Waals surface area contributed by atoms with E-state index < -0.39 is 13.3 Å². The molecule has 0 atom stereocenters. The Morgan fingerprint density at radius 2 is 1.75 bits per heavy atom. The molecule has 0 aliphatic rings. The zero-order chi connectivity index (χ0) is 15.9. The van der Waals surface area contributed by atoms with Gasteiger partial charge in [-0.1, -0.05) is 0 Å². The van der Waals surface area contributed by atoms with Crippen molar-refractivity contribution in [3.05, 3.63) is 48.5 Å². The van der Waals surface area contributed by atoms with Crippen LogP contribution < -0.4 is 4.40 Å². The predicted octanol–water partition coefficient (Wildman–Crippen LogP) is 3.29. The molecule has 0 amide bonds. The first-order chi connectivity index (χ1) is 9.61. The molecule has 2 aromatic rings. The van der Waals surface area contributed by atoms with E-state index in [-0.39, 0.29) is 24.3 Å². The summed E-state index contributed by atoms with van der Waals surface area (Å²) in [6.45, 7) is 0. The summed E-state index contributed by atoms with van der Waals surface area (Å²) in [5.41, 5.74) is 0.929. The van der Waals surface area contributed by atoms with Crippen LogP contribution in [0.3, 0.4) is 0 Å². The maximum absolute atomic E-state index is 8.16. The molecule has 1 nitrogen and oxygen atoms in total. The van der Waals surface area contributed by atoms with Crippen molar-refractivity contribution in [1.29, 1.82) is 0 Å². The van der Waals surface area contributed by atoms with Crippen LogP contribution in [0.5, 0.6) is 0 Å². The van der Waals surface area contributed by atoms with Crippen molar-refractivity contribution in [2.24, 2.45) is 0 Å². The van der Waals surface area contributed by atoms with E-state index in [9.17, 15) is 0 Å². The Hall–Kier alpha value is -1.09. The van der Waals surface area contributed by atoms with E-state index in [0.29, 0.717) is 17.3 Å². The molecule has 0 fully saturated rings. The monoisotopic (exact) mass is 278 g/mol. The van der Waals surface area contributed by atoms with E-state index in [4.69, 9.17) is 6.85 Å². The van der Waals surface area contributed by atoms with Crippen LogP contribution in [0, 0.1) is 0 Å². The second-order valence-corrected chi connectivity index (χ2v) is 15.2. The Morgan fingerprint density at radius 3 is 2.31 bits per heavy atom. The van der Waals surface area contributed by atoms with Crippen LogP contribution in [0.2, 0.25) is 17.3 Å². The first-order valence-corrected chi connectivity index (χ1v) is 12.5. The quantitative estimate of drug-likeness (QED) is 0.767. The van der Waals surface area contributed by atoms with Gasteiger partial charge in [-0.25, -0.2) is 0 Å². The molecule has 1 aromatic carbocycles. The summed E-state index contributed by atoms with van der Waals surface area (Å²) < 4.78 is 39.9. The summed E-state index contributed by atoms with van der Waals surface area (Å²) in [5.74, 6) is 6.35. The fraction of sp³-hybridized carbons (Fsp3) is 0.214. The molecule has 2 rings (SSSR count). The molecule has 82 valence electrons. The number of rotatable bonds is 2. The third kappa shape index (κ3) is 2.53. The Balaban J connectivity index is 2.62. The molecule has 0 aliphatic heterocycles. The summed E-state index contributed by atoms with van der Waals surface area (Å²) >= 11 is -2.34. The number of aromatic nitrogens is 1. The van der Waals surface area contributed by atoms with Crippen molar-refractivity contribution in [3.8, 4) is 11.3 Å². The van der Waals surface area contributed by atoms with Crippen molar-refractivity contribution >= 4 is 17.7 Å². The van der Waals surface area contributed by atoms with Crippen LogP contribution >= 0.6 is 0 Å². The molecule has 0 bridgehead atoms. The van der Waals surface area contributed by atoms with Gasteiger partial charge in [0.1, 0.15) is 0 Å². The van der Waals surface area contributed by atoms with Crippen LogP contribution in [0.1, 0.15) is 6.85 Å². The van der Waals surface area contributed by atoms with Crippen molar-refractivity contribution in [2.45, 2.75) is 17.3 Å². The van der Waals surface area contributed by atoms with E-state index in [2.05, 4.69) is 22.3 Å². The molecule has 0 radical (unpaired) electrons. The number of hydrogen-bond acceptors (Lipinski definition) is 1. The third-order valence-corrected chi connectivity index (χ3v) is 5.97. The van der Waals surface area contributed by atoms with E-state index in [1.807, 2.05) is 0 Å². The molecule has 0 saturated heterocycles. The molecule has 0 aliphatic carbocycles. The van der Waals surface area contributed by atoms with Gasteiger partial charge in [0.15, 0.2) is 0 Å². The molecule has 16 heavy (non-hydrogen) atoms. The van der Waals surface area contributed by atoms with Gasteiger partial charge in [-0.15, -0.1) is 0 Å². The Bertz CT molecular complexity index is 663. The van der Waals surface area contributed by atoms with Gasteiger partial charge >= 0.3 is 107 Å². The summed E-state index contributed by atoms with van der Waals surface area (Å²) in [6, 6.07) is 4.61. The molecule has 0 spiro atoms. The van der Waals surface area contributed by atoms with Crippen molar-refractivity contribution < 1.29 is 6.85 Å². The first kappa shape index (κ1) is 6.60. The number of pyridine rings is 1. The van der Waals surface area contributed by atoms with E-state index in [0.717, 1.165) is 4.40 Å². The van der Waals surface area contributed by atoms with Crippen LogP contribution in [0.25, 0.3) is 11.3 Å². The molecule has 2 heteroatoms. The Labute approximate surface area is 107 Å². The van der Waals surface area contributed by atoms with Gasteiger partial charge in [0, 0.05) is 0 Å². The Kier molecular flexibility index (Phi) is 1.82. The molecule has 0 N–H and O–H groups in total. The average molecular weight is 277 g/mol. The van der Waals surface area contributed by atoms with E-state index >= 15 is 0 Å². The van der Waals surface area contributed by atoms with Gasteiger partial charge in [0.05, 0.1) is 0 Å². The number of benzene rings is 1. The zero-order valence-corrected chi connectivity index (χ0v) is 11.8. The molecular weight excluding hydrogens is 255 g/mol. The van der Waals surface area contributed by atoms with Crippen LogP contribution in [-0.2, 0) is 0 Å². The standard InChI is InChI=1S/C14H17GeN/c1-15(2,3)13-9-10-14(16-11-13)12-7-5-4-6-8-12/h4-11H,1-3H3/i4D,5D,6D,9D,11D. The SMILES string of the molecule is [2H]c1cc(-c2cc([2H])[c]([Ge]([CH3])([CH3])[CH3])c([2H])n2)cc([2H])c1[2H]. The van der Waals surface area contributed by atoms with Gasteiger partial charge in [0.25, 0.3) is 0 Å². The third-order valence-electron chi connectivity index (χ3n) is 2.29. The van der Waals surface area contributed by atoms with Crippen LogP contribution in [0.15, 0.2) is 48.5 Å². The zero-order valence-electron chi connectivity index (χ0n) is 14.7. The van der Waals surface area contributed by atoms with E-state index in [1.54, 1.807) is 6.07 Å². The predicted molar refractivity (Wildman–Crippen MR) is 72.7 cm³/mol. The van der Waals surface area contributed by atoms with Crippen LogP contribution in [0.4, 0.5) is 0 Å². The van der Waals surface area contributed by atoms with Gasteiger partial charge in [-0.3, -0.25) is 0 Å². The van der Waals surface area contributed by atoms with E-state index in [1.165, 1.54) is 12.1 Å². The maximum atomic E-state index is 8.16. The molecule has 1 heterocycles. The second kappa shape index (κ2) is 4.42. The summed E-state index contributed by atoms with van der Waals surface area (Å²) in [6.07, 6.45) is 0.123. The van der Waals surface area contributed by atoms with Crippen molar-refractivity contribution in [3.63, 3.8) is 0 Å². The number of hydrogen-bond donors (Lipinski definition) is 0. The summed E-state index contributed by atoms with van der Waals surface area (Å²) in [7, 11) is 0. The molecule has 1 aromatic heterocycles. The average Bonchev–Trinajstić information content (AvgIpc) is 2.32. The summed E-state index contributed by atoms with van der Waals surface area (Å²) in [5, 5.41) is 0. The molecular formula is C14H17GeN. The number of nitrogens with zero attached hydrogens (tertiary/aromatic N) is 1. The molecule has 0 saturated carbocycles. The van der Waals surface area contributed by atoms with Gasteiger partial charge in [-0.05, 0) is 0 Å². The van der Waals surface area contributed by atoms with Gasteiger partial charge in [0.2, 0.25) is 0 Å². The fourth-order valence-corrected chi connectivity index (χ4v) is 3.19.